The quantitative estimate of drug-likeness (QED) is 0.171. The number of fused-ring (bicyclic) bond motifs is 1. The van der Waals surface area contributed by atoms with Crippen LogP contribution >= 0.6 is 11.8 Å². The zero-order valence-corrected chi connectivity index (χ0v) is 8.40. The average Bonchev–Trinajstić information content (AvgIpc) is 2.74. The second-order valence-electron chi connectivity index (χ2n) is 2.66. The molecule has 78 valence electrons. The van der Waals surface area contributed by atoms with Crippen molar-refractivity contribution in [1.82, 2.24) is 19.9 Å². The van der Waals surface area contributed by atoms with E-state index < -0.39 is 0 Å². The summed E-state index contributed by atoms with van der Waals surface area (Å²) < 4.78 is 0. The van der Waals surface area contributed by atoms with Gasteiger partial charge < -0.3 is 15.9 Å². The number of nitrogens with two attached hydrogens (primary N) is 1. The summed E-state index contributed by atoms with van der Waals surface area (Å²) in [6, 6.07) is 0. The molecule has 8 heteroatoms. The topological polar surface area (TPSA) is 113 Å². The Kier molecular flexibility index (Phi) is 2.68. The van der Waals surface area contributed by atoms with Gasteiger partial charge in [0.25, 0.3) is 0 Å². The summed E-state index contributed by atoms with van der Waals surface area (Å²) in [5.74, 6) is 0.507. The molecule has 0 atom stereocenters. The van der Waals surface area contributed by atoms with E-state index in [4.69, 9.17) is 10.9 Å². The number of aromatic amines is 1. The molecule has 0 aliphatic heterocycles. The minimum atomic E-state index is 0.145. The molecule has 0 spiro atoms. The van der Waals surface area contributed by atoms with Gasteiger partial charge in [0.05, 0.1) is 12.1 Å². The highest BCUT2D eigenvalue weighted by molar-refractivity contribution is 8.00. The number of imidazole rings is 1. The van der Waals surface area contributed by atoms with Crippen LogP contribution in [-0.2, 0) is 0 Å². The van der Waals surface area contributed by atoms with Crippen molar-refractivity contribution in [2.75, 3.05) is 5.75 Å². The molecule has 0 aliphatic carbocycles. The molecule has 0 bridgehead atoms. The first-order chi connectivity index (χ1) is 7.31. The molecular weight excluding hydrogens is 216 g/mol. The highest BCUT2D eigenvalue weighted by Gasteiger charge is 2.06. The standard InChI is InChI=1S/C7H8N6OS/c8-4(13-14)1-15-7-5-6(10-2-9-5)11-3-12-7/h2-3,14H,1H2,(H2,8,13)(H,9,10,11,12). The summed E-state index contributed by atoms with van der Waals surface area (Å²) in [7, 11) is 0. The van der Waals surface area contributed by atoms with Gasteiger partial charge in [-0.2, -0.15) is 0 Å². The second-order valence-corrected chi connectivity index (χ2v) is 3.62. The largest absolute Gasteiger partial charge is 0.409 e. The predicted molar refractivity (Wildman–Crippen MR) is 55.8 cm³/mol. The molecule has 2 aromatic heterocycles. The zero-order chi connectivity index (χ0) is 10.7. The van der Waals surface area contributed by atoms with Crippen molar-refractivity contribution in [3.05, 3.63) is 12.7 Å². The predicted octanol–water partition coefficient (Wildman–Crippen LogP) is 0.191. The molecule has 0 aromatic carbocycles. The number of oxime groups is 1. The van der Waals surface area contributed by atoms with Crippen molar-refractivity contribution in [2.45, 2.75) is 5.03 Å². The maximum Gasteiger partial charge on any atom is 0.181 e. The van der Waals surface area contributed by atoms with Crippen LogP contribution in [0.4, 0.5) is 0 Å². The monoisotopic (exact) mass is 224 g/mol. The van der Waals surface area contributed by atoms with Crippen LogP contribution in [0.1, 0.15) is 0 Å². The van der Waals surface area contributed by atoms with E-state index in [0.717, 1.165) is 10.5 Å². The van der Waals surface area contributed by atoms with E-state index >= 15 is 0 Å². The van der Waals surface area contributed by atoms with E-state index in [0.29, 0.717) is 11.4 Å². The minimum Gasteiger partial charge on any atom is -0.409 e. The Balaban J connectivity index is 2.24. The Morgan fingerprint density at radius 3 is 3.20 bits per heavy atom. The van der Waals surface area contributed by atoms with Crippen LogP contribution in [0, 0.1) is 0 Å². The normalized spacial score (nSPS) is 12.1. The first-order valence-electron chi connectivity index (χ1n) is 4.04. The number of hydrogen-bond donors (Lipinski definition) is 3. The fourth-order valence-corrected chi connectivity index (χ4v) is 1.78. The summed E-state index contributed by atoms with van der Waals surface area (Å²) in [4.78, 5) is 15.0. The highest BCUT2D eigenvalue weighted by Crippen LogP contribution is 2.21. The Hall–Kier alpha value is -1.83. The van der Waals surface area contributed by atoms with Gasteiger partial charge in [-0.05, 0) is 0 Å². The Morgan fingerprint density at radius 1 is 1.53 bits per heavy atom. The summed E-state index contributed by atoms with van der Waals surface area (Å²) in [5, 5.41) is 12.0. The molecule has 0 saturated carbocycles. The fraction of sp³-hybridized carbons (Fsp3) is 0.143. The van der Waals surface area contributed by atoms with Gasteiger partial charge in [-0.25, -0.2) is 15.0 Å². The number of thioether (sulfide) groups is 1. The number of amidine groups is 1. The molecule has 0 saturated heterocycles. The molecule has 0 amide bonds. The van der Waals surface area contributed by atoms with E-state index in [-0.39, 0.29) is 5.84 Å². The van der Waals surface area contributed by atoms with Gasteiger partial charge in [0.15, 0.2) is 5.65 Å². The molecule has 2 aromatic rings. The Morgan fingerprint density at radius 2 is 2.40 bits per heavy atom. The smallest absolute Gasteiger partial charge is 0.181 e. The number of nitrogens with one attached hydrogen (secondary N) is 1. The molecule has 7 nitrogen and oxygen atoms in total. The molecule has 0 fully saturated rings. The lowest BCUT2D eigenvalue weighted by molar-refractivity contribution is 0.318. The first kappa shape index (κ1) is 9.71. The molecule has 4 N–H and O–H groups in total. The number of H-pyrrole nitrogens is 1. The Labute approximate surface area is 88.8 Å². The van der Waals surface area contributed by atoms with Crippen LogP contribution in [0.3, 0.4) is 0 Å². The fourth-order valence-electron chi connectivity index (χ4n) is 1.02. The van der Waals surface area contributed by atoms with Gasteiger partial charge in [-0.3, -0.25) is 0 Å². The van der Waals surface area contributed by atoms with E-state index in [1.54, 1.807) is 6.33 Å². The van der Waals surface area contributed by atoms with Gasteiger partial charge in [0.2, 0.25) is 0 Å². The molecule has 0 radical (unpaired) electrons. The molecule has 0 aliphatic rings. The number of rotatable bonds is 3. The van der Waals surface area contributed by atoms with Crippen LogP contribution in [0.25, 0.3) is 11.2 Å². The molecule has 15 heavy (non-hydrogen) atoms. The molecular formula is C7H8N6OS. The summed E-state index contributed by atoms with van der Waals surface area (Å²) >= 11 is 1.35. The van der Waals surface area contributed by atoms with Crippen LogP contribution in [0.2, 0.25) is 0 Å². The third-order valence-corrected chi connectivity index (χ3v) is 2.70. The Bertz CT molecular complexity index is 495. The molecule has 2 heterocycles. The molecule has 2 rings (SSSR count). The second kappa shape index (κ2) is 4.13. The maximum atomic E-state index is 8.38. The maximum absolute atomic E-state index is 8.38. The number of nitrogens with zero attached hydrogens (tertiary/aromatic N) is 4. The third kappa shape index (κ3) is 1.99. The summed E-state index contributed by atoms with van der Waals surface area (Å²) in [5.41, 5.74) is 6.71. The average molecular weight is 224 g/mol. The van der Waals surface area contributed by atoms with Crippen molar-refractivity contribution in [2.24, 2.45) is 10.9 Å². The van der Waals surface area contributed by atoms with Gasteiger partial charge in [0.1, 0.15) is 22.7 Å². The van der Waals surface area contributed by atoms with E-state index in [1.807, 2.05) is 0 Å². The van der Waals surface area contributed by atoms with Gasteiger partial charge >= 0.3 is 0 Å². The van der Waals surface area contributed by atoms with E-state index in [1.165, 1.54) is 18.1 Å². The number of aromatic nitrogens is 4. The first-order valence-corrected chi connectivity index (χ1v) is 5.03. The van der Waals surface area contributed by atoms with Gasteiger partial charge in [-0.15, -0.1) is 0 Å². The third-order valence-electron chi connectivity index (χ3n) is 1.67. The van der Waals surface area contributed by atoms with Crippen LogP contribution in [0.5, 0.6) is 0 Å². The summed E-state index contributed by atoms with van der Waals surface area (Å²) in [6.07, 6.45) is 2.98. The van der Waals surface area contributed by atoms with Crippen LogP contribution in [0.15, 0.2) is 22.8 Å². The lowest BCUT2D eigenvalue weighted by Gasteiger charge is -1.99. The highest BCUT2D eigenvalue weighted by atomic mass is 32.2. The van der Waals surface area contributed by atoms with Crippen molar-refractivity contribution >= 4 is 28.8 Å². The van der Waals surface area contributed by atoms with Crippen molar-refractivity contribution in [1.29, 1.82) is 0 Å². The van der Waals surface area contributed by atoms with Crippen molar-refractivity contribution in [3.8, 4) is 0 Å². The zero-order valence-electron chi connectivity index (χ0n) is 7.58. The van der Waals surface area contributed by atoms with Gasteiger partial charge in [0, 0.05) is 0 Å². The SMILES string of the molecule is NC(CSc1ncnc2nc[nH]c12)=NO. The lowest BCUT2D eigenvalue weighted by atomic mass is 10.6. The number of hydrogen-bond acceptors (Lipinski definition) is 6. The molecule has 0 unspecified atom stereocenters. The van der Waals surface area contributed by atoms with Crippen LogP contribution in [-0.4, -0.2) is 36.7 Å². The lowest BCUT2D eigenvalue weighted by Crippen LogP contribution is -2.14. The van der Waals surface area contributed by atoms with E-state index in [2.05, 4.69) is 25.1 Å². The van der Waals surface area contributed by atoms with E-state index in [9.17, 15) is 0 Å². The summed E-state index contributed by atoms with van der Waals surface area (Å²) in [6.45, 7) is 0. The van der Waals surface area contributed by atoms with Gasteiger partial charge in [-0.1, -0.05) is 16.9 Å². The van der Waals surface area contributed by atoms with Crippen molar-refractivity contribution < 1.29 is 5.21 Å². The van der Waals surface area contributed by atoms with Crippen molar-refractivity contribution in [3.63, 3.8) is 0 Å². The minimum absolute atomic E-state index is 0.145. The van der Waals surface area contributed by atoms with Crippen LogP contribution < -0.4 is 5.73 Å².